The number of hydrogen-bond donors (Lipinski definition) is 4. The number of carbonyl (C=O) groups is 2. The van der Waals surface area contributed by atoms with Crippen LogP contribution in [0.3, 0.4) is 0 Å². The van der Waals surface area contributed by atoms with Crippen LogP contribution in [0, 0.1) is 0 Å². The maximum absolute atomic E-state index is 12.5. The van der Waals surface area contributed by atoms with Crippen LogP contribution in [0.4, 0.5) is 10.5 Å². The quantitative estimate of drug-likeness (QED) is 0.669. The summed E-state index contributed by atoms with van der Waals surface area (Å²) >= 11 is 0. The van der Waals surface area contributed by atoms with E-state index < -0.39 is 11.6 Å². The van der Waals surface area contributed by atoms with Gasteiger partial charge in [-0.1, -0.05) is 18.2 Å². The van der Waals surface area contributed by atoms with E-state index in [4.69, 9.17) is 0 Å². The molecular formula is C17H27ClN4O2. The second kappa shape index (κ2) is 8.89. The smallest absolute Gasteiger partial charge is 0.320 e. The predicted octanol–water partition coefficient (Wildman–Crippen LogP) is 2.27. The van der Waals surface area contributed by atoms with Crippen molar-refractivity contribution in [3.8, 4) is 0 Å². The van der Waals surface area contributed by atoms with Gasteiger partial charge < -0.3 is 21.3 Å². The molecule has 134 valence electrons. The highest BCUT2D eigenvalue weighted by molar-refractivity contribution is 5.95. The Hall–Kier alpha value is -1.79. The highest BCUT2D eigenvalue weighted by Crippen LogP contribution is 2.11. The van der Waals surface area contributed by atoms with Crippen molar-refractivity contribution in [3.05, 3.63) is 30.3 Å². The van der Waals surface area contributed by atoms with Crippen molar-refractivity contribution in [1.82, 2.24) is 16.0 Å². The number of hydrogen-bond acceptors (Lipinski definition) is 3. The Balaban J connectivity index is 0.00000288. The maximum atomic E-state index is 12.5. The highest BCUT2D eigenvalue weighted by atomic mass is 35.5. The summed E-state index contributed by atoms with van der Waals surface area (Å²) in [7, 11) is 0. The van der Waals surface area contributed by atoms with E-state index in [0.29, 0.717) is 11.7 Å². The molecule has 1 aromatic rings. The highest BCUT2D eigenvalue weighted by Gasteiger charge is 2.32. The first kappa shape index (κ1) is 20.3. The number of benzene rings is 1. The molecule has 2 atom stereocenters. The third-order valence-corrected chi connectivity index (χ3v) is 3.98. The molecule has 1 aromatic carbocycles. The van der Waals surface area contributed by atoms with Gasteiger partial charge in [0.2, 0.25) is 5.91 Å². The minimum Gasteiger partial charge on any atom is -0.351 e. The standard InChI is InChI=1S/C17H26N4O2.ClH/c1-12-11-14(9-10-18-12)19-15(22)17(2,3)21-16(23)20-13-7-5-4-6-8-13;/h4-8,12,14,18H,9-11H2,1-3H3,(H,19,22)(H2,20,21,23);1H. The van der Waals surface area contributed by atoms with Gasteiger partial charge in [0.25, 0.3) is 0 Å². The van der Waals surface area contributed by atoms with Crippen LogP contribution in [-0.2, 0) is 4.79 Å². The summed E-state index contributed by atoms with van der Waals surface area (Å²) < 4.78 is 0. The van der Waals surface area contributed by atoms with E-state index in [0.717, 1.165) is 19.4 Å². The number of piperidine rings is 1. The van der Waals surface area contributed by atoms with Crippen LogP contribution in [0.2, 0.25) is 0 Å². The van der Waals surface area contributed by atoms with Gasteiger partial charge in [0.1, 0.15) is 5.54 Å². The van der Waals surface area contributed by atoms with Crippen LogP contribution in [0.5, 0.6) is 0 Å². The minimum atomic E-state index is -0.979. The molecule has 0 bridgehead atoms. The molecule has 1 fully saturated rings. The van der Waals surface area contributed by atoms with E-state index in [1.807, 2.05) is 18.2 Å². The number of amides is 3. The zero-order valence-electron chi connectivity index (χ0n) is 14.4. The van der Waals surface area contributed by atoms with E-state index in [-0.39, 0.29) is 24.4 Å². The van der Waals surface area contributed by atoms with Crippen LogP contribution >= 0.6 is 12.4 Å². The summed E-state index contributed by atoms with van der Waals surface area (Å²) in [5.74, 6) is -0.167. The van der Waals surface area contributed by atoms with Crippen LogP contribution in [0.1, 0.15) is 33.6 Å². The number of rotatable bonds is 4. The molecule has 24 heavy (non-hydrogen) atoms. The second-order valence-electron chi connectivity index (χ2n) is 6.62. The monoisotopic (exact) mass is 354 g/mol. The number of anilines is 1. The summed E-state index contributed by atoms with van der Waals surface area (Å²) in [4.78, 5) is 24.5. The normalized spacial score (nSPS) is 20.5. The zero-order chi connectivity index (χ0) is 16.9. The molecular weight excluding hydrogens is 328 g/mol. The number of urea groups is 1. The van der Waals surface area contributed by atoms with E-state index in [9.17, 15) is 9.59 Å². The van der Waals surface area contributed by atoms with Gasteiger partial charge in [-0.25, -0.2) is 4.79 Å². The Labute approximate surface area is 149 Å². The van der Waals surface area contributed by atoms with Crippen molar-refractivity contribution in [2.45, 2.75) is 51.2 Å². The summed E-state index contributed by atoms with van der Waals surface area (Å²) in [6.45, 7) is 6.41. The van der Waals surface area contributed by atoms with Gasteiger partial charge in [0.15, 0.2) is 0 Å². The first-order chi connectivity index (χ1) is 10.9. The van der Waals surface area contributed by atoms with Gasteiger partial charge in [-0.15, -0.1) is 12.4 Å². The van der Waals surface area contributed by atoms with Gasteiger partial charge in [0.05, 0.1) is 0 Å². The number of halogens is 1. The Morgan fingerprint density at radius 3 is 2.50 bits per heavy atom. The van der Waals surface area contributed by atoms with Crippen LogP contribution in [0.25, 0.3) is 0 Å². The molecule has 1 saturated heterocycles. The molecule has 7 heteroatoms. The van der Waals surface area contributed by atoms with E-state index in [1.54, 1.807) is 26.0 Å². The van der Waals surface area contributed by atoms with E-state index in [2.05, 4.69) is 28.2 Å². The lowest BCUT2D eigenvalue weighted by Gasteiger charge is -2.32. The van der Waals surface area contributed by atoms with Crippen molar-refractivity contribution in [3.63, 3.8) is 0 Å². The molecule has 6 nitrogen and oxygen atoms in total. The number of nitrogens with one attached hydrogen (secondary N) is 4. The Kier molecular flexibility index (Phi) is 7.51. The average Bonchev–Trinajstić information content (AvgIpc) is 2.47. The molecule has 3 amide bonds. The van der Waals surface area contributed by atoms with E-state index >= 15 is 0 Å². The first-order valence-corrected chi connectivity index (χ1v) is 8.05. The van der Waals surface area contributed by atoms with Gasteiger partial charge in [-0.2, -0.15) is 0 Å². The maximum Gasteiger partial charge on any atom is 0.320 e. The third kappa shape index (κ3) is 6.02. The second-order valence-corrected chi connectivity index (χ2v) is 6.62. The van der Waals surface area contributed by atoms with E-state index in [1.165, 1.54) is 0 Å². The Bertz CT molecular complexity index is 551. The summed E-state index contributed by atoms with van der Waals surface area (Å²) in [6.07, 6.45) is 1.81. The third-order valence-electron chi connectivity index (χ3n) is 3.98. The molecule has 4 N–H and O–H groups in total. The fraction of sp³-hybridized carbons (Fsp3) is 0.529. The fourth-order valence-corrected chi connectivity index (χ4v) is 2.65. The summed E-state index contributed by atoms with van der Waals surface area (Å²) in [5.41, 5.74) is -0.291. The topological polar surface area (TPSA) is 82.3 Å². The molecule has 0 aliphatic carbocycles. The van der Waals surface area contributed by atoms with Crippen molar-refractivity contribution < 1.29 is 9.59 Å². The molecule has 0 aromatic heterocycles. The summed E-state index contributed by atoms with van der Waals surface area (Å²) in [6, 6.07) is 9.29. The molecule has 1 heterocycles. The largest absolute Gasteiger partial charge is 0.351 e. The Morgan fingerprint density at radius 1 is 1.21 bits per heavy atom. The Morgan fingerprint density at radius 2 is 1.88 bits per heavy atom. The van der Waals surface area contributed by atoms with Crippen molar-refractivity contribution in [2.24, 2.45) is 0 Å². The molecule has 1 aliphatic rings. The SMILES string of the molecule is CC1CC(NC(=O)C(C)(C)NC(=O)Nc2ccccc2)CCN1.Cl. The number of carbonyl (C=O) groups excluding carboxylic acids is 2. The average molecular weight is 355 g/mol. The van der Waals surface area contributed by atoms with Gasteiger partial charge in [0, 0.05) is 17.8 Å². The molecule has 2 unspecified atom stereocenters. The fourth-order valence-electron chi connectivity index (χ4n) is 2.65. The molecule has 1 aliphatic heterocycles. The molecule has 0 spiro atoms. The molecule has 0 radical (unpaired) electrons. The molecule has 0 saturated carbocycles. The van der Waals surface area contributed by atoms with Crippen LogP contribution in [0.15, 0.2) is 30.3 Å². The number of para-hydroxylation sites is 1. The zero-order valence-corrected chi connectivity index (χ0v) is 15.2. The van der Waals surface area contributed by atoms with Crippen LogP contribution < -0.4 is 21.3 Å². The van der Waals surface area contributed by atoms with Crippen molar-refractivity contribution in [1.29, 1.82) is 0 Å². The van der Waals surface area contributed by atoms with Gasteiger partial charge in [-0.05, 0) is 52.3 Å². The van der Waals surface area contributed by atoms with Crippen LogP contribution in [-0.4, -0.2) is 36.1 Å². The van der Waals surface area contributed by atoms with Crippen molar-refractivity contribution in [2.75, 3.05) is 11.9 Å². The van der Waals surface area contributed by atoms with Crippen molar-refractivity contribution >= 4 is 30.0 Å². The minimum absolute atomic E-state index is 0. The summed E-state index contributed by atoms with van der Waals surface area (Å²) in [5, 5.41) is 11.8. The first-order valence-electron chi connectivity index (χ1n) is 8.05. The van der Waals surface area contributed by atoms with Gasteiger partial charge in [-0.3, -0.25) is 4.79 Å². The lowest BCUT2D eigenvalue weighted by molar-refractivity contribution is -0.127. The van der Waals surface area contributed by atoms with Gasteiger partial charge >= 0.3 is 6.03 Å². The lowest BCUT2D eigenvalue weighted by atomic mass is 9.98. The lowest BCUT2D eigenvalue weighted by Crippen LogP contribution is -2.59. The molecule has 2 rings (SSSR count). The predicted molar refractivity (Wildman–Crippen MR) is 98.6 cm³/mol.